The van der Waals surface area contributed by atoms with Crippen molar-refractivity contribution in [3.05, 3.63) is 173 Å². The van der Waals surface area contributed by atoms with Crippen LogP contribution in [0, 0.1) is 0 Å². The molecule has 8 rings (SSSR count). The molecule has 0 saturated heterocycles. The van der Waals surface area contributed by atoms with E-state index in [4.69, 9.17) is 11.6 Å². The summed E-state index contributed by atoms with van der Waals surface area (Å²) >= 11 is 6.76. The second-order valence-corrected chi connectivity index (χ2v) is 10.7. The van der Waals surface area contributed by atoms with Crippen LogP contribution in [0.15, 0.2) is 146 Å². The van der Waals surface area contributed by atoms with Crippen molar-refractivity contribution in [3.63, 3.8) is 0 Å². The monoisotopic (exact) mass is 517 g/mol. The van der Waals surface area contributed by atoms with Crippen LogP contribution in [0.4, 0.5) is 0 Å². The number of hydrogen-bond acceptors (Lipinski definition) is 0. The van der Waals surface area contributed by atoms with Gasteiger partial charge in [0.15, 0.2) is 0 Å². The van der Waals surface area contributed by atoms with Gasteiger partial charge in [-0.1, -0.05) is 127 Å². The van der Waals surface area contributed by atoms with Crippen LogP contribution < -0.4 is 0 Å². The van der Waals surface area contributed by atoms with Gasteiger partial charge in [-0.3, -0.25) is 0 Å². The molecule has 0 aliphatic heterocycles. The number of benzene rings is 6. The molecule has 0 unspecified atom stereocenters. The van der Waals surface area contributed by atoms with Crippen LogP contribution in [0.5, 0.6) is 0 Å². The number of nitrogens with zero attached hydrogens (tertiary/aromatic N) is 1. The second kappa shape index (κ2) is 8.46. The van der Waals surface area contributed by atoms with Crippen LogP contribution in [-0.2, 0) is 5.41 Å². The summed E-state index contributed by atoms with van der Waals surface area (Å²) in [6.45, 7) is 0. The van der Waals surface area contributed by atoms with Crippen molar-refractivity contribution in [2.75, 3.05) is 0 Å². The molecule has 184 valence electrons. The molecule has 6 aromatic carbocycles. The minimum absolute atomic E-state index is 0.493. The number of rotatable bonds is 3. The highest BCUT2D eigenvalue weighted by molar-refractivity contribution is 6.30. The van der Waals surface area contributed by atoms with Gasteiger partial charge in [0.25, 0.3) is 0 Å². The van der Waals surface area contributed by atoms with Crippen LogP contribution in [0.25, 0.3) is 38.6 Å². The number of aromatic nitrogens is 1. The molecule has 0 fully saturated rings. The minimum Gasteiger partial charge on any atom is -0.309 e. The molecule has 39 heavy (non-hydrogen) atoms. The third-order valence-corrected chi connectivity index (χ3v) is 8.57. The lowest BCUT2D eigenvalue weighted by Gasteiger charge is -2.34. The van der Waals surface area contributed by atoms with Gasteiger partial charge in [-0.15, -0.1) is 0 Å². The number of fused-ring (bicyclic) bond motifs is 6. The molecule has 1 aliphatic carbocycles. The summed E-state index contributed by atoms with van der Waals surface area (Å²) in [5.74, 6) is 0. The first-order valence-corrected chi connectivity index (χ1v) is 13.7. The Kier molecular flexibility index (Phi) is 4.86. The molecule has 2 heteroatoms. The lowest BCUT2D eigenvalue weighted by atomic mass is 9.68. The molecule has 1 aromatic heterocycles. The maximum absolute atomic E-state index is 6.76. The van der Waals surface area contributed by atoms with Crippen molar-refractivity contribution < 1.29 is 0 Å². The fourth-order valence-electron chi connectivity index (χ4n) is 6.86. The molecule has 0 radical (unpaired) electrons. The van der Waals surface area contributed by atoms with E-state index in [1.807, 2.05) is 6.07 Å². The van der Waals surface area contributed by atoms with E-state index < -0.39 is 5.41 Å². The standard InChI is InChI=1S/C37H24ClN/c38-27-22-23-30-32(24-27)37(25-12-3-1-4-13-25,26-14-5-2-6-15-26)31-18-11-21-35(36(30)31)39-33-19-9-7-16-28(33)29-17-8-10-20-34(29)39/h1-24H. The van der Waals surface area contributed by atoms with Crippen molar-refractivity contribution in [1.82, 2.24) is 4.57 Å². The lowest BCUT2D eigenvalue weighted by molar-refractivity contribution is 0.768. The first-order valence-electron chi connectivity index (χ1n) is 13.3. The van der Waals surface area contributed by atoms with Crippen LogP contribution >= 0.6 is 11.6 Å². The third kappa shape index (κ3) is 3.02. The number of halogens is 1. The Bertz CT molecular complexity index is 1930. The van der Waals surface area contributed by atoms with E-state index in [0.29, 0.717) is 0 Å². The minimum atomic E-state index is -0.493. The average Bonchev–Trinajstić information content (AvgIpc) is 3.49. The molecule has 7 aromatic rings. The highest BCUT2D eigenvalue weighted by Crippen LogP contribution is 2.58. The zero-order chi connectivity index (χ0) is 26.0. The Morgan fingerprint density at radius 3 is 1.67 bits per heavy atom. The van der Waals surface area contributed by atoms with Gasteiger partial charge in [0.2, 0.25) is 0 Å². The zero-order valence-corrected chi connectivity index (χ0v) is 21.9. The van der Waals surface area contributed by atoms with Crippen LogP contribution in [0.1, 0.15) is 22.3 Å². The van der Waals surface area contributed by atoms with E-state index in [9.17, 15) is 0 Å². The summed E-state index contributed by atoms with van der Waals surface area (Å²) in [5, 5.41) is 3.27. The van der Waals surface area contributed by atoms with Crippen molar-refractivity contribution >= 4 is 33.4 Å². The normalized spacial score (nSPS) is 13.5. The quantitative estimate of drug-likeness (QED) is 0.220. The molecular formula is C37H24ClN. The Hall–Kier alpha value is -4.59. The van der Waals surface area contributed by atoms with E-state index in [2.05, 4.69) is 144 Å². The Morgan fingerprint density at radius 1 is 0.487 bits per heavy atom. The van der Waals surface area contributed by atoms with Crippen molar-refractivity contribution in [1.29, 1.82) is 0 Å². The van der Waals surface area contributed by atoms with Crippen molar-refractivity contribution in [2.24, 2.45) is 0 Å². The lowest BCUT2D eigenvalue weighted by Crippen LogP contribution is -2.28. The summed E-state index contributed by atoms with van der Waals surface area (Å²) in [6, 6.07) is 52.4. The summed E-state index contributed by atoms with van der Waals surface area (Å²) in [4.78, 5) is 0. The topological polar surface area (TPSA) is 4.93 Å². The molecule has 1 heterocycles. The largest absolute Gasteiger partial charge is 0.309 e. The predicted molar refractivity (Wildman–Crippen MR) is 163 cm³/mol. The van der Waals surface area contributed by atoms with Gasteiger partial charge in [0.1, 0.15) is 0 Å². The second-order valence-electron chi connectivity index (χ2n) is 10.2. The van der Waals surface area contributed by atoms with Gasteiger partial charge in [-0.2, -0.15) is 0 Å². The predicted octanol–water partition coefficient (Wildman–Crippen LogP) is 9.80. The molecule has 1 aliphatic rings. The number of hydrogen-bond donors (Lipinski definition) is 0. The average molecular weight is 518 g/mol. The highest BCUT2D eigenvalue weighted by atomic mass is 35.5. The molecule has 0 atom stereocenters. The summed E-state index contributed by atoms with van der Waals surface area (Å²) in [7, 11) is 0. The van der Waals surface area contributed by atoms with E-state index in [-0.39, 0.29) is 0 Å². The molecule has 0 amide bonds. The van der Waals surface area contributed by atoms with Crippen LogP contribution in [0.2, 0.25) is 5.02 Å². The van der Waals surface area contributed by atoms with E-state index >= 15 is 0 Å². The maximum Gasteiger partial charge on any atom is 0.0714 e. The molecule has 1 nitrogen and oxygen atoms in total. The van der Waals surface area contributed by atoms with E-state index in [1.54, 1.807) is 0 Å². The fourth-order valence-corrected chi connectivity index (χ4v) is 7.03. The van der Waals surface area contributed by atoms with E-state index in [0.717, 1.165) is 5.02 Å². The molecule has 0 spiro atoms. The molecule has 0 N–H and O–H groups in total. The zero-order valence-electron chi connectivity index (χ0n) is 21.2. The highest BCUT2D eigenvalue weighted by Gasteiger charge is 2.47. The molecule has 0 saturated carbocycles. The molecular weight excluding hydrogens is 494 g/mol. The van der Waals surface area contributed by atoms with Gasteiger partial charge in [-0.25, -0.2) is 0 Å². The van der Waals surface area contributed by atoms with Gasteiger partial charge in [0.05, 0.1) is 22.1 Å². The first kappa shape index (κ1) is 22.4. The SMILES string of the molecule is Clc1ccc2c(c1)C(c1ccccc1)(c1ccccc1)c1cccc(-n3c4ccccc4c4ccccc43)c1-2. The Balaban J connectivity index is 1.57. The smallest absolute Gasteiger partial charge is 0.0714 e. The molecule has 0 bridgehead atoms. The number of para-hydroxylation sites is 2. The van der Waals surface area contributed by atoms with Crippen LogP contribution in [0.3, 0.4) is 0 Å². The van der Waals surface area contributed by atoms with E-state index in [1.165, 1.54) is 60.9 Å². The van der Waals surface area contributed by atoms with Gasteiger partial charge >= 0.3 is 0 Å². The third-order valence-electron chi connectivity index (χ3n) is 8.34. The maximum atomic E-state index is 6.76. The van der Waals surface area contributed by atoms with Crippen molar-refractivity contribution in [3.8, 4) is 16.8 Å². The van der Waals surface area contributed by atoms with Gasteiger partial charge in [0, 0.05) is 21.4 Å². The summed E-state index contributed by atoms with van der Waals surface area (Å²) in [5.41, 5.74) is 10.5. The summed E-state index contributed by atoms with van der Waals surface area (Å²) in [6.07, 6.45) is 0. The van der Waals surface area contributed by atoms with Gasteiger partial charge in [-0.05, 0) is 58.1 Å². The van der Waals surface area contributed by atoms with Gasteiger partial charge < -0.3 is 4.57 Å². The Morgan fingerprint density at radius 2 is 1.05 bits per heavy atom. The van der Waals surface area contributed by atoms with Crippen molar-refractivity contribution in [2.45, 2.75) is 5.41 Å². The fraction of sp³-hybridized carbons (Fsp3) is 0.0270. The summed E-state index contributed by atoms with van der Waals surface area (Å²) < 4.78 is 2.44. The first-order chi connectivity index (χ1) is 19.3. The van der Waals surface area contributed by atoms with Crippen LogP contribution in [-0.4, -0.2) is 4.57 Å². The Labute approximate surface area is 232 Å².